The first-order chi connectivity index (χ1) is 6.11. The highest BCUT2D eigenvalue weighted by molar-refractivity contribution is 8.00. The van der Waals surface area contributed by atoms with Gasteiger partial charge in [-0.2, -0.15) is 0 Å². The molecule has 76 valence electrons. The largest absolute Gasteiger partial charge is 0.391 e. The lowest BCUT2D eigenvalue weighted by Gasteiger charge is -2.18. The van der Waals surface area contributed by atoms with Gasteiger partial charge in [0.15, 0.2) is 0 Å². The molecule has 3 unspecified atom stereocenters. The van der Waals surface area contributed by atoms with E-state index in [1.165, 1.54) is 0 Å². The maximum absolute atomic E-state index is 11.5. The van der Waals surface area contributed by atoms with Gasteiger partial charge in [-0.25, -0.2) is 0 Å². The third-order valence-electron chi connectivity index (χ3n) is 2.32. The Labute approximate surface area is 83.3 Å². The average molecular weight is 203 g/mol. The van der Waals surface area contributed by atoms with Crippen LogP contribution in [-0.4, -0.2) is 34.2 Å². The van der Waals surface area contributed by atoms with Crippen LogP contribution in [0.5, 0.6) is 0 Å². The number of carbonyl (C=O) groups excluding carboxylic acids is 1. The molecule has 0 spiro atoms. The summed E-state index contributed by atoms with van der Waals surface area (Å²) in [5.41, 5.74) is 0. The zero-order valence-electron chi connectivity index (χ0n) is 8.12. The van der Waals surface area contributed by atoms with E-state index < -0.39 is 6.10 Å². The molecule has 13 heavy (non-hydrogen) atoms. The van der Waals surface area contributed by atoms with Crippen LogP contribution in [0.2, 0.25) is 0 Å². The Bertz CT molecular complexity index is 178. The van der Waals surface area contributed by atoms with Gasteiger partial charge in [0.05, 0.1) is 17.4 Å². The number of amides is 1. The number of rotatable bonds is 3. The molecule has 1 heterocycles. The maximum atomic E-state index is 11.5. The van der Waals surface area contributed by atoms with Gasteiger partial charge in [-0.15, -0.1) is 11.8 Å². The van der Waals surface area contributed by atoms with Crippen molar-refractivity contribution in [2.75, 3.05) is 5.75 Å². The van der Waals surface area contributed by atoms with Crippen LogP contribution in [0.3, 0.4) is 0 Å². The Hall–Kier alpha value is -0.220. The fourth-order valence-corrected chi connectivity index (χ4v) is 2.39. The lowest BCUT2D eigenvalue weighted by Crippen LogP contribution is -2.43. The lowest BCUT2D eigenvalue weighted by atomic mass is 10.2. The van der Waals surface area contributed by atoms with Gasteiger partial charge in [0.2, 0.25) is 5.91 Å². The second-order valence-electron chi connectivity index (χ2n) is 3.54. The first kappa shape index (κ1) is 10.9. The van der Waals surface area contributed by atoms with E-state index in [4.69, 9.17) is 0 Å². The molecule has 0 saturated carbocycles. The highest BCUT2D eigenvalue weighted by atomic mass is 32.2. The Morgan fingerprint density at radius 2 is 2.31 bits per heavy atom. The van der Waals surface area contributed by atoms with Crippen LogP contribution in [0, 0.1) is 0 Å². The number of thioether (sulfide) groups is 1. The van der Waals surface area contributed by atoms with Crippen molar-refractivity contribution in [3.63, 3.8) is 0 Å². The molecule has 1 aliphatic heterocycles. The fourth-order valence-electron chi connectivity index (χ4n) is 1.22. The van der Waals surface area contributed by atoms with Crippen LogP contribution in [0.1, 0.15) is 26.7 Å². The number of hydrogen-bond acceptors (Lipinski definition) is 3. The molecule has 1 saturated heterocycles. The minimum Gasteiger partial charge on any atom is -0.391 e. The summed E-state index contributed by atoms with van der Waals surface area (Å²) < 4.78 is 0. The van der Waals surface area contributed by atoms with Crippen LogP contribution in [0.4, 0.5) is 0 Å². The molecule has 0 aromatic rings. The molecule has 0 aromatic heterocycles. The third-order valence-corrected chi connectivity index (χ3v) is 3.69. The van der Waals surface area contributed by atoms with Crippen LogP contribution in [0.15, 0.2) is 0 Å². The van der Waals surface area contributed by atoms with E-state index >= 15 is 0 Å². The van der Waals surface area contributed by atoms with Gasteiger partial charge in [0.1, 0.15) is 0 Å². The fraction of sp³-hybridized carbons (Fsp3) is 0.889. The summed E-state index contributed by atoms with van der Waals surface area (Å²) in [4.78, 5) is 11.5. The third kappa shape index (κ3) is 3.19. The van der Waals surface area contributed by atoms with Gasteiger partial charge in [-0.3, -0.25) is 4.79 Å². The summed E-state index contributed by atoms with van der Waals surface area (Å²) >= 11 is 1.71. The molecule has 1 fully saturated rings. The summed E-state index contributed by atoms with van der Waals surface area (Å²) in [6.45, 7) is 3.51. The minimum absolute atomic E-state index is 0.0795. The van der Waals surface area contributed by atoms with Crippen molar-refractivity contribution in [2.45, 2.75) is 44.1 Å². The summed E-state index contributed by atoms with van der Waals surface area (Å²) in [7, 11) is 0. The van der Waals surface area contributed by atoms with Crippen LogP contribution in [0.25, 0.3) is 0 Å². The normalized spacial score (nSPS) is 26.8. The number of aliphatic hydroxyl groups excluding tert-OH is 1. The predicted molar refractivity (Wildman–Crippen MR) is 54.8 cm³/mol. The van der Waals surface area contributed by atoms with Crippen LogP contribution < -0.4 is 5.32 Å². The van der Waals surface area contributed by atoms with E-state index in [2.05, 4.69) is 5.32 Å². The molecule has 0 bridgehead atoms. The monoisotopic (exact) mass is 203 g/mol. The standard InChI is InChI=1S/C9H17NO2S/c1-6(7(2)11)10-9(12)8-4-3-5-13-8/h6-8,11H,3-5H2,1-2H3,(H,10,12). The molecule has 0 aromatic carbocycles. The van der Waals surface area contributed by atoms with Gasteiger partial charge in [-0.1, -0.05) is 0 Å². The molecule has 0 aliphatic carbocycles. The first-order valence-electron chi connectivity index (χ1n) is 4.71. The van der Waals surface area contributed by atoms with Gasteiger partial charge in [0, 0.05) is 0 Å². The van der Waals surface area contributed by atoms with E-state index in [9.17, 15) is 9.90 Å². The van der Waals surface area contributed by atoms with Crippen molar-refractivity contribution in [1.29, 1.82) is 0 Å². The number of carbonyl (C=O) groups is 1. The Balaban J connectivity index is 2.31. The van der Waals surface area contributed by atoms with Crippen LogP contribution in [-0.2, 0) is 4.79 Å². The van der Waals surface area contributed by atoms with Crippen molar-refractivity contribution in [3.05, 3.63) is 0 Å². The average Bonchev–Trinajstić information content (AvgIpc) is 2.55. The molecule has 1 aliphatic rings. The van der Waals surface area contributed by atoms with Crippen molar-refractivity contribution in [1.82, 2.24) is 5.32 Å². The van der Waals surface area contributed by atoms with Gasteiger partial charge in [-0.05, 0) is 32.4 Å². The van der Waals surface area contributed by atoms with E-state index in [0.717, 1.165) is 18.6 Å². The summed E-state index contributed by atoms with van der Waals surface area (Å²) in [5, 5.41) is 12.1. The van der Waals surface area contributed by atoms with Crippen molar-refractivity contribution in [2.24, 2.45) is 0 Å². The summed E-state index contributed by atoms with van der Waals surface area (Å²) in [6.07, 6.45) is 1.63. The number of nitrogens with one attached hydrogen (secondary N) is 1. The second-order valence-corrected chi connectivity index (χ2v) is 4.85. The zero-order chi connectivity index (χ0) is 9.84. The second kappa shape index (κ2) is 4.86. The molecule has 4 heteroatoms. The van der Waals surface area contributed by atoms with Crippen molar-refractivity contribution < 1.29 is 9.90 Å². The predicted octanol–water partition coefficient (Wildman–Crippen LogP) is 0.767. The molecule has 0 radical (unpaired) electrons. The molecule has 1 rings (SSSR count). The maximum Gasteiger partial charge on any atom is 0.233 e. The Kier molecular flexibility index (Phi) is 4.06. The Morgan fingerprint density at radius 1 is 1.62 bits per heavy atom. The zero-order valence-corrected chi connectivity index (χ0v) is 8.93. The van der Waals surface area contributed by atoms with Crippen molar-refractivity contribution in [3.8, 4) is 0 Å². The highest BCUT2D eigenvalue weighted by Crippen LogP contribution is 2.26. The van der Waals surface area contributed by atoms with Crippen molar-refractivity contribution >= 4 is 17.7 Å². The van der Waals surface area contributed by atoms with E-state index in [0.29, 0.717) is 0 Å². The van der Waals surface area contributed by atoms with E-state index in [1.54, 1.807) is 18.7 Å². The first-order valence-corrected chi connectivity index (χ1v) is 5.76. The number of aliphatic hydroxyl groups is 1. The molecule has 3 nitrogen and oxygen atoms in total. The molecule has 2 N–H and O–H groups in total. The summed E-state index contributed by atoms with van der Waals surface area (Å²) in [6, 6.07) is -0.145. The highest BCUT2D eigenvalue weighted by Gasteiger charge is 2.24. The minimum atomic E-state index is -0.477. The van der Waals surface area contributed by atoms with Gasteiger partial charge < -0.3 is 10.4 Å². The van der Waals surface area contributed by atoms with E-state index in [-0.39, 0.29) is 17.2 Å². The molecular weight excluding hydrogens is 186 g/mol. The smallest absolute Gasteiger partial charge is 0.233 e. The quantitative estimate of drug-likeness (QED) is 0.712. The number of hydrogen-bond donors (Lipinski definition) is 2. The van der Waals surface area contributed by atoms with Gasteiger partial charge >= 0.3 is 0 Å². The SMILES string of the molecule is CC(O)C(C)NC(=O)C1CCCS1. The van der Waals surface area contributed by atoms with E-state index in [1.807, 2.05) is 6.92 Å². The lowest BCUT2D eigenvalue weighted by molar-refractivity contribution is -0.121. The molecule has 1 amide bonds. The molecular formula is C9H17NO2S. The van der Waals surface area contributed by atoms with Crippen LogP contribution >= 0.6 is 11.8 Å². The Morgan fingerprint density at radius 3 is 2.77 bits per heavy atom. The summed E-state index contributed by atoms with van der Waals surface area (Å²) in [5.74, 6) is 1.16. The topological polar surface area (TPSA) is 49.3 Å². The molecule has 3 atom stereocenters. The van der Waals surface area contributed by atoms with Gasteiger partial charge in [0.25, 0.3) is 0 Å².